The zero-order chi connectivity index (χ0) is 21.5. The van der Waals surface area contributed by atoms with Gasteiger partial charge in [0.15, 0.2) is 0 Å². The van der Waals surface area contributed by atoms with E-state index < -0.39 is 0 Å². The largest absolute Gasteiger partial charge is 0.399 e. The van der Waals surface area contributed by atoms with Gasteiger partial charge in [-0.2, -0.15) is 0 Å². The Kier molecular flexibility index (Phi) is 5.95. The summed E-state index contributed by atoms with van der Waals surface area (Å²) in [6.45, 7) is 0. The molecule has 7 nitrogen and oxygen atoms in total. The molecule has 4 aromatic carbocycles. The summed E-state index contributed by atoms with van der Waals surface area (Å²) in [7, 11) is 0. The van der Waals surface area contributed by atoms with Crippen LogP contribution in [0.15, 0.2) is 97.1 Å². The van der Waals surface area contributed by atoms with Crippen molar-refractivity contribution in [1.29, 1.82) is 0 Å². The van der Waals surface area contributed by atoms with Crippen LogP contribution in [0.25, 0.3) is 0 Å². The van der Waals surface area contributed by atoms with Crippen molar-refractivity contribution in [3.8, 4) is 0 Å². The van der Waals surface area contributed by atoms with Gasteiger partial charge in [-0.3, -0.25) is 0 Å². The van der Waals surface area contributed by atoms with Gasteiger partial charge in [0.25, 0.3) is 0 Å². The Morgan fingerprint density at radius 3 is 0.839 bits per heavy atom. The Morgan fingerprint density at radius 2 is 0.548 bits per heavy atom. The van der Waals surface area contributed by atoms with Gasteiger partial charge in [0.2, 0.25) is 0 Å². The van der Waals surface area contributed by atoms with Crippen molar-refractivity contribution in [3.63, 3.8) is 0 Å². The van der Waals surface area contributed by atoms with Gasteiger partial charge in [0.1, 0.15) is 0 Å². The van der Waals surface area contributed by atoms with Gasteiger partial charge in [-0.05, 0) is 97.1 Å². The number of anilines is 8. The minimum Gasteiger partial charge on any atom is -0.399 e. The van der Waals surface area contributed by atoms with Crippen LogP contribution in [0.3, 0.4) is 0 Å². The summed E-state index contributed by atoms with van der Waals surface area (Å²) in [6, 6.07) is 31.1. The maximum atomic E-state index is 5.70. The number of rotatable bonds is 8. The number of hydrogen-bond donors (Lipinski definition) is 7. The third-order valence-corrected chi connectivity index (χ3v) is 4.58. The number of hydrazine groups is 2. The lowest BCUT2D eigenvalue weighted by Crippen LogP contribution is -2.08. The van der Waals surface area contributed by atoms with Gasteiger partial charge in [-0.1, -0.05) is 0 Å². The molecule has 0 atom stereocenters. The van der Waals surface area contributed by atoms with E-state index in [0.29, 0.717) is 0 Å². The Bertz CT molecular complexity index is 1000. The average Bonchev–Trinajstić information content (AvgIpc) is 2.80. The molecule has 4 rings (SSSR count). The van der Waals surface area contributed by atoms with E-state index in [0.717, 1.165) is 45.5 Å². The molecule has 0 amide bonds. The highest BCUT2D eigenvalue weighted by Gasteiger charge is 1.98. The summed E-state index contributed by atoms with van der Waals surface area (Å²) in [4.78, 5) is 0. The molecule has 156 valence electrons. The van der Waals surface area contributed by atoms with Crippen LogP contribution < -0.4 is 38.5 Å². The highest BCUT2D eigenvalue weighted by molar-refractivity contribution is 5.66. The number of nitrogens with one attached hydrogen (secondary N) is 5. The Balaban J connectivity index is 1.27. The van der Waals surface area contributed by atoms with Crippen LogP contribution in [0, 0.1) is 0 Å². The van der Waals surface area contributed by atoms with Crippen LogP contribution in [0.2, 0.25) is 0 Å². The summed E-state index contributed by atoms with van der Waals surface area (Å²) in [6.07, 6.45) is 0. The predicted octanol–water partition coefficient (Wildman–Crippen LogP) is 5.47. The average molecular weight is 412 g/mol. The maximum Gasteiger partial charge on any atom is 0.0541 e. The molecule has 0 radical (unpaired) electrons. The fraction of sp³-hybridized carbons (Fsp3) is 0. The molecule has 7 heteroatoms. The van der Waals surface area contributed by atoms with E-state index in [9.17, 15) is 0 Å². The topological polar surface area (TPSA) is 112 Å². The van der Waals surface area contributed by atoms with Crippen molar-refractivity contribution in [2.75, 3.05) is 38.5 Å². The van der Waals surface area contributed by atoms with Crippen LogP contribution in [0.1, 0.15) is 0 Å². The Morgan fingerprint density at radius 1 is 0.323 bits per heavy atom. The van der Waals surface area contributed by atoms with Gasteiger partial charge in [-0.15, -0.1) is 0 Å². The van der Waals surface area contributed by atoms with E-state index >= 15 is 0 Å². The molecule has 31 heavy (non-hydrogen) atoms. The van der Waals surface area contributed by atoms with Crippen molar-refractivity contribution in [2.24, 2.45) is 0 Å². The first-order valence-electron chi connectivity index (χ1n) is 9.86. The Labute approximate surface area is 181 Å². The monoisotopic (exact) mass is 411 g/mol. The standard InChI is InChI=1S/C24H25N7/c25-17-1-5-21(6-2-17)28-30-23-13-9-19(10-14-23)27-20-11-15-24(16-12-20)31-29-22-7-3-18(26)4-8-22/h1-16,27-31H,25-26H2. The quantitative estimate of drug-likeness (QED) is 0.152. The molecular weight excluding hydrogens is 386 g/mol. The van der Waals surface area contributed by atoms with E-state index in [2.05, 4.69) is 27.0 Å². The second kappa shape index (κ2) is 9.32. The van der Waals surface area contributed by atoms with Crippen LogP contribution in [0.4, 0.5) is 45.5 Å². The first-order valence-corrected chi connectivity index (χ1v) is 9.86. The molecule has 0 fully saturated rings. The van der Waals surface area contributed by atoms with E-state index in [1.54, 1.807) is 0 Å². The van der Waals surface area contributed by atoms with Crippen LogP contribution in [-0.2, 0) is 0 Å². The summed E-state index contributed by atoms with van der Waals surface area (Å²) in [5, 5.41) is 3.39. The van der Waals surface area contributed by atoms with Crippen LogP contribution in [-0.4, -0.2) is 0 Å². The molecule has 0 aliphatic heterocycles. The number of benzene rings is 4. The first-order chi connectivity index (χ1) is 15.1. The van der Waals surface area contributed by atoms with E-state index in [-0.39, 0.29) is 0 Å². The number of hydrogen-bond acceptors (Lipinski definition) is 7. The molecule has 4 aromatic rings. The molecule has 0 aromatic heterocycles. The van der Waals surface area contributed by atoms with Gasteiger partial charge < -0.3 is 38.5 Å². The van der Waals surface area contributed by atoms with Crippen molar-refractivity contribution in [1.82, 2.24) is 0 Å². The van der Waals surface area contributed by atoms with Crippen molar-refractivity contribution < 1.29 is 0 Å². The SMILES string of the molecule is Nc1ccc(NNc2ccc(Nc3ccc(NNc4ccc(N)cc4)cc3)cc2)cc1. The minimum absolute atomic E-state index is 0.739. The van der Waals surface area contributed by atoms with E-state index in [4.69, 9.17) is 11.5 Å². The zero-order valence-electron chi connectivity index (χ0n) is 16.9. The fourth-order valence-electron chi connectivity index (χ4n) is 2.86. The molecule has 9 N–H and O–H groups in total. The normalized spacial score (nSPS) is 10.2. The second-order valence-electron chi connectivity index (χ2n) is 7.02. The third kappa shape index (κ3) is 5.74. The van der Waals surface area contributed by atoms with Gasteiger partial charge in [0, 0.05) is 22.7 Å². The highest BCUT2D eigenvalue weighted by Crippen LogP contribution is 2.21. The summed E-state index contributed by atoms with van der Waals surface area (Å²) >= 11 is 0. The molecule has 0 aliphatic carbocycles. The van der Waals surface area contributed by atoms with Crippen molar-refractivity contribution >= 4 is 45.5 Å². The van der Waals surface area contributed by atoms with Crippen LogP contribution in [0.5, 0.6) is 0 Å². The van der Waals surface area contributed by atoms with Crippen molar-refractivity contribution in [3.05, 3.63) is 97.1 Å². The summed E-state index contributed by atoms with van der Waals surface area (Å²) in [5.74, 6) is 0. The van der Waals surface area contributed by atoms with E-state index in [1.807, 2.05) is 97.1 Å². The summed E-state index contributed by atoms with van der Waals surface area (Å²) in [5.41, 5.74) is 31.3. The Hall–Kier alpha value is -4.52. The van der Waals surface area contributed by atoms with Gasteiger partial charge >= 0.3 is 0 Å². The first kappa shape index (κ1) is 19.8. The van der Waals surface area contributed by atoms with Crippen molar-refractivity contribution in [2.45, 2.75) is 0 Å². The lowest BCUT2D eigenvalue weighted by molar-refractivity contribution is 1.40. The molecule has 0 aliphatic rings. The molecule has 0 saturated carbocycles. The summed E-state index contributed by atoms with van der Waals surface area (Å²) < 4.78 is 0. The molecule has 0 heterocycles. The maximum absolute atomic E-state index is 5.70. The predicted molar refractivity (Wildman–Crippen MR) is 132 cm³/mol. The highest BCUT2D eigenvalue weighted by atomic mass is 15.4. The van der Waals surface area contributed by atoms with Crippen LogP contribution >= 0.6 is 0 Å². The molecule has 0 unspecified atom stereocenters. The lowest BCUT2D eigenvalue weighted by Gasteiger charge is -2.13. The number of nitrogen functional groups attached to an aromatic ring is 2. The van der Waals surface area contributed by atoms with Gasteiger partial charge in [0.05, 0.1) is 22.7 Å². The van der Waals surface area contributed by atoms with E-state index in [1.165, 1.54) is 0 Å². The number of nitrogens with two attached hydrogens (primary N) is 2. The fourth-order valence-corrected chi connectivity index (χ4v) is 2.86. The zero-order valence-corrected chi connectivity index (χ0v) is 16.9. The third-order valence-electron chi connectivity index (χ3n) is 4.58. The second-order valence-corrected chi connectivity index (χ2v) is 7.02. The lowest BCUT2D eigenvalue weighted by atomic mass is 10.2. The molecule has 0 bridgehead atoms. The molecule has 0 spiro atoms. The molecule has 0 saturated heterocycles. The smallest absolute Gasteiger partial charge is 0.0541 e. The molecular formula is C24H25N7. The van der Waals surface area contributed by atoms with Gasteiger partial charge in [-0.25, -0.2) is 0 Å². The minimum atomic E-state index is 0.739.